The SMILES string of the molecule is O=C1COC(Oc2ccccc2)(c2ccccc2)CCN1Cc1ccccc1. The Kier molecular flexibility index (Phi) is 5.40. The molecule has 0 radical (unpaired) electrons. The summed E-state index contributed by atoms with van der Waals surface area (Å²) in [6.45, 7) is 1.10. The highest BCUT2D eigenvalue weighted by Crippen LogP contribution is 2.35. The Balaban J connectivity index is 1.61. The van der Waals surface area contributed by atoms with Crippen molar-refractivity contribution in [2.45, 2.75) is 18.8 Å². The summed E-state index contributed by atoms with van der Waals surface area (Å²) in [6, 6.07) is 29.5. The zero-order valence-corrected chi connectivity index (χ0v) is 15.7. The van der Waals surface area contributed by atoms with Crippen LogP contribution in [0.25, 0.3) is 0 Å². The Morgan fingerprint density at radius 2 is 1.46 bits per heavy atom. The molecular weight excluding hydrogens is 350 g/mol. The summed E-state index contributed by atoms with van der Waals surface area (Å²) < 4.78 is 12.5. The van der Waals surface area contributed by atoms with E-state index in [0.29, 0.717) is 19.5 Å². The molecule has 1 saturated heterocycles. The fraction of sp³-hybridized carbons (Fsp3) is 0.208. The van der Waals surface area contributed by atoms with E-state index >= 15 is 0 Å². The molecule has 28 heavy (non-hydrogen) atoms. The van der Waals surface area contributed by atoms with Crippen LogP contribution in [0.3, 0.4) is 0 Å². The molecule has 0 aromatic heterocycles. The van der Waals surface area contributed by atoms with Gasteiger partial charge in [-0.05, 0) is 17.7 Å². The maximum atomic E-state index is 12.7. The van der Waals surface area contributed by atoms with E-state index in [1.807, 2.05) is 95.9 Å². The van der Waals surface area contributed by atoms with Crippen LogP contribution in [0.2, 0.25) is 0 Å². The summed E-state index contributed by atoms with van der Waals surface area (Å²) in [5.74, 6) is -0.308. The molecule has 0 bridgehead atoms. The Bertz CT molecular complexity index is 899. The van der Waals surface area contributed by atoms with E-state index in [2.05, 4.69) is 0 Å². The van der Waals surface area contributed by atoms with E-state index in [0.717, 1.165) is 16.9 Å². The van der Waals surface area contributed by atoms with Gasteiger partial charge in [0.2, 0.25) is 11.7 Å². The van der Waals surface area contributed by atoms with Gasteiger partial charge in [0, 0.05) is 25.1 Å². The molecule has 3 aromatic rings. The van der Waals surface area contributed by atoms with Crippen molar-refractivity contribution in [2.75, 3.05) is 13.2 Å². The highest BCUT2D eigenvalue weighted by atomic mass is 16.7. The van der Waals surface area contributed by atoms with Crippen molar-refractivity contribution in [3.05, 3.63) is 102 Å². The molecule has 0 saturated carbocycles. The lowest BCUT2D eigenvalue weighted by atomic mass is 10.0. The molecule has 0 spiro atoms. The number of carbonyl (C=O) groups is 1. The molecule has 0 aliphatic carbocycles. The van der Waals surface area contributed by atoms with Crippen LogP contribution >= 0.6 is 0 Å². The van der Waals surface area contributed by atoms with E-state index in [9.17, 15) is 4.79 Å². The van der Waals surface area contributed by atoms with Crippen molar-refractivity contribution in [2.24, 2.45) is 0 Å². The number of hydrogen-bond acceptors (Lipinski definition) is 3. The Labute approximate surface area is 165 Å². The number of hydrogen-bond donors (Lipinski definition) is 0. The number of rotatable bonds is 5. The monoisotopic (exact) mass is 373 g/mol. The quantitative estimate of drug-likeness (QED) is 0.667. The van der Waals surface area contributed by atoms with Crippen molar-refractivity contribution < 1.29 is 14.3 Å². The predicted octanol–water partition coefficient (Wildman–Crippen LogP) is 4.37. The van der Waals surface area contributed by atoms with Crippen molar-refractivity contribution in [1.82, 2.24) is 4.90 Å². The molecule has 1 atom stereocenters. The Morgan fingerprint density at radius 1 is 0.857 bits per heavy atom. The summed E-state index contributed by atoms with van der Waals surface area (Å²) in [5, 5.41) is 0. The van der Waals surface area contributed by atoms with Crippen LogP contribution in [0.1, 0.15) is 17.5 Å². The van der Waals surface area contributed by atoms with Crippen molar-refractivity contribution in [3.63, 3.8) is 0 Å². The first-order valence-electron chi connectivity index (χ1n) is 9.50. The normalized spacial score (nSPS) is 19.9. The average Bonchev–Trinajstić information content (AvgIpc) is 2.91. The van der Waals surface area contributed by atoms with Gasteiger partial charge in [-0.1, -0.05) is 78.9 Å². The first-order valence-corrected chi connectivity index (χ1v) is 9.50. The number of amides is 1. The van der Waals surface area contributed by atoms with Crippen LogP contribution < -0.4 is 4.74 Å². The van der Waals surface area contributed by atoms with Gasteiger partial charge in [0.05, 0.1) is 0 Å². The van der Waals surface area contributed by atoms with Crippen LogP contribution in [0.4, 0.5) is 0 Å². The maximum absolute atomic E-state index is 12.7. The third kappa shape index (κ3) is 4.07. The van der Waals surface area contributed by atoms with E-state index in [4.69, 9.17) is 9.47 Å². The van der Waals surface area contributed by atoms with E-state index in [1.165, 1.54) is 0 Å². The smallest absolute Gasteiger partial charge is 0.249 e. The minimum atomic E-state index is -0.996. The standard InChI is InChI=1S/C24H23NO3/c26-23-19-27-24(21-12-6-2-7-13-21,28-22-14-8-3-9-15-22)16-17-25(23)18-20-10-4-1-5-11-20/h1-15H,16-19H2. The first kappa shape index (κ1) is 18.3. The van der Waals surface area contributed by atoms with E-state index in [-0.39, 0.29) is 12.5 Å². The van der Waals surface area contributed by atoms with Gasteiger partial charge in [0.1, 0.15) is 12.4 Å². The minimum Gasteiger partial charge on any atom is -0.458 e. The molecule has 1 unspecified atom stereocenters. The van der Waals surface area contributed by atoms with E-state index in [1.54, 1.807) is 0 Å². The molecule has 0 N–H and O–H groups in total. The zero-order valence-electron chi connectivity index (χ0n) is 15.7. The Hall–Kier alpha value is -3.11. The number of para-hydroxylation sites is 1. The molecule has 4 rings (SSSR count). The van der Waals surface area contributed by atoms with Gasteiger partial charge in [0.15, 0.2) is 0 Å². The molecule has 1 heterocycles. The van der Waals surface area contributed by atoms with Crippen LogP contribution in [0.15, 0.2) is 91.0 Å². The third-order valence-electron chi connectivity index (χ3n) is 4.95. The lowest BCUT2D eigenvalue weighted by molar-refractivity contribution is -0.191. The summed E-state index contributed by atoms with van der Waals surface area (Å²) >= 11 is 0. The Morgan fingerprint density at radius 3 is 2.14 bits per heavy atom. The molecule has 1 aliphatic rings. The lowest BCUT2D eigenvalue weighted by Crippen LogP contribution is -2.37. The van der Waals surface area contributed by atoms with Gasteiger partial charge < -0.3 is 14.4 Å². The number of benzene rings is 3. The predicted molar refractivity (Wildman–Crippen MR) is 108 cm³/mol. The van der Waals surface area contributed by atoms with Gasteiger partial charge in [-0.2, -0.15) is 0 Å². The highest BCUT2D eigenvalue weighted by Gasteiger charge is 2.40. The highest BCUT2D eigenvalue weighted by molar-refractivity contribution is 5.77. The maximum Gasteiger partial charge on any atom is 0.249 e. The second-order valence-electron chi connectivity index (χ2n) is 6.87. The number of nitrogens with zero attached hydrogens (tertiary/aromatic N) is 1. The van der Waals surface area contributed by atoms with Gasteiger partial charge in [-0.25, -0.2) is 0 Å². The number of carbonyl (C=O) groups excluding carboxylic acids is 1. The third-order valence-corrected chi connectivity index (χ3v) is 4.95. The fourth-order valence-corrected chi connectivity index (χ4v) is 3.46. The summed E-state index contributed by atoms with van der Waals surface area (Å²) in [4.78, 5) is 14.6. The fourth-order valence-electron chi connectivity index (χ4n) is 3.46. The average molecular weight is 373 g/mol. The number of ether oxygens (including phenoxy) is 2. The molecule has 3 aromatic carbocycles. The molecular formula is C24H23NO3. The van der Waals surface area contributed by atoms with Crippen LogP contribution in [-0.4, -0.2) is 24.0 Å². The van der Waals surface area contributed by atoms with Crippen LogP contribution in [-0.2, 0) is 21.9 Å². The van der Waals surface area contributed by atoms with Gasteiger partial charge in [-0.3, -0.25) is 4.79 Å². The molecule has 1 aliphatic heterocycles. The molecule has 142 valence electrons. The molecule has 1 fully saturated rings. The minimum absolute atomic E-state index is 0.0193. The van der Waals surface area contributed by atoms with Crippen molar-refractivity contribution in [3.8, 4) is 5.75 Å². The first-order chi connectivity index (χ1) is 13.8. The molecule has 4 heteroatoms. The summed E-state index contributed by atoms with van der Waals surface area (Å²) in [5.41, 5.74) is 2.01. The second-order valence-corrected chi connectivity index (χ2v) is 6.87. The summed E-state index contributed by atoms with van der Waals surface area (Å²) in [6.07, 6.45) is 0.546. The zero-order chi connectivity index (χ0) is 19.2. The van der Waals surface area contributed by atoms with Crippen molar-refractivity contribution in [1.29, 1.82) is 0 Å². The van der Waals surface area contributed by atoms with Crippen LogP contribution in [0, 0.1) is 0 Å². The lowest BCUT2D eigenvalue weighted by Gasteiger charge is -2.33. The van der Waals surface area contributed by atoms with Gasteiger partial charge in [-0.15, -0.1) is 0 Å². The van der Waals surface area contributed by atoms with Gasteiger partial charge in [0.25, 0.3) is 0 Å². The van der Waals surface area contributed by atoms with E-state index < -0.39 is 5.79 Å². The van der Waals surface area contributed by atoms with Crippen LogP contribution in [0.5, 0.6) is 5.75 Å². The molecule has 1 amide bonds. The largest absolute Gasteiger partial charge is 0.458 e. The molecule has 4 nitrogen and oxygen atoms in total. The summed E-state index contributed by atoms with van der Waals surface area (Å²) in [7, 11) is 0. The topological polar surface area (TPSA) is 38.8 Å². The second kappa shape index (κ2) is 8.28. The van der Waals surface area contributed by atoms with Crippen molar-refractivity contribution >= 4 is 5.91 Å². The van der Waals surface area contributed by atoms with Gasteiger partial charge >= 0.3 is 0 Å².